The standard InChI is InChI=1S/C35H47N7O2/c1-25-8-5-9-26-10-6-12-32(33(25)26)42-20-17-30-31(22-42)38-35(44-23-29-11-7-19-40(29)2)39-34(30)41(3)28-15-13-27(14-16-28)37-24-36-18-21-43-4/h5-6,8-10,12,27-29H,7,11,13-23H2,1-4H3/t27-,28+,29-/m0/s1. The second kappa shape index (κ2) is 14.1. The Bertz CT molecular complexity index is 1490. The summed E-state index contributed by atoms with van der Waals surface area (Å²) in [6, 6.07) is 17.7. The first kappa shape index (κ1) is 30.5. The van der Waals surface area contributed by atoms with Gasteiger partial charge in [-0.25, -0.2) is 9.98 Å². The SMILES string of the molecule is COCCN=C=N[C@H]1CC[C@@H](N(C)c2nc(OC[C@@H]3CCCN3C)nc3c2CCN(c2cccc4cccc(C)c24)C3)CC1. The van der Waals surface area contributed by atoms with Crippen molar-refractivity contribution >= 4 is 28.3 Å². The minimum absolute atomic E-state index is 0.283. The number of hydrogen-bond donors (Lipinski definition) is 0. The van der Waals surface area contributed by atoms with Gasteiger partial charge in [0, 0.05) is 49.4 Å². The first-order valence-corrected chi connectivity index (χ1v) is 16.3. The zero-order valence-electron chi connectivity index (χ0n) is 26.8. The number of methoxy groups -OCH3 is 1. The van der Waals surface area contributed by atoms with Crippen LogP contribution >= 0.6 is 0 Å². The van der Waals surface area contributed by atoms with Crippen molar-refractivity contribution in [2.45, 2.75) is 76.5 Å². The van der Waals surface area contributed by atoms with Gasteiger partial charge in [0.2, 0.25) is 0 Å². The van der Waals surface area contributed by atoms with E-state index in [9.17, 15) is 0 Å². The molecule has 0 spiro atoms. The van der Waals surface area contributed by atoms with Gasteiger partial charge in [0.25, 0.3) is 0 Å². The lowest BCUT2D eigenvalue weighted by Crippen LogP contribution is -2.39. The molecule has 2 aromatic carbocycles. The molecule has 9 heteroatoms. The Hall–Kier alpha value is -3.52. The van der Waals surface area contributed by atoms with E-state index in [2.05, 4.69) is 88.1 Å². The molecule has 1 atom stereocenters. The quantitative estimate of drug-likeness (QED) is 0.224. The number of aromatic nitrogens is 2. The Labute approximate surface area is 262 Å². The topological polar surface area (TPSA) is 78.7 Å². The Morgan fingerprint density at radius 3 is 2.64 bits per heavy atom. The smallest absolute Gasteiger partial charge is 0.318 e. The van der Waals surface area contributed by atoms with Crippen molar-refractivity contribution in [3.05, 3.63) is 53.2 Å². The molecule has 1 aromatic heterocycles. The highest BCUT2D eigenvalue weighted by Gasteiger charge is 2.31. The summed E-state index contributed by atoms with van der Waals surface area (Å²) in [5.74, 6) is 1.03. The summed E-state index contributed by atoms with van der Waals surface area (Å²) in [7, 11) is 6.08. The molecule has 2 fully saturated rings. The molecule has 44 heavy (non-hydrogen) atoms. The predicted molar refractivity (Wildman–Crippen MR) is 178 cm³/mol. The van der Waals surface area contributed by atoms with Crippen LogP contribution in [0, 0.1) is 6.92 Å². The van der Waals surface area contributed by atoms with Gasteiger partial charge < -0.3 is 24.2 Å². The second-order valence-electron chi connectivity index (χ2n) is 12.6. The van der Waals surface area contributed by atoms with Crippen molar-refractivity contribution in [3.8, 4) is 6.01 Å². The second-order valence-corrected chi connectivity index (χ2v) is 12.6. The molecule has 1 saturated heterocycles. The zero-order valence-corrected chi connectivity index (χ0v) is 26.8. The maximum absolute atomic E-state index is 6.37. The lowest BCUT2D eigenvalue weighted by Gasteiger charge is -2.37. The normalized spacial score (nSPS) is 22.0. The van der Waals surface area contributed by atoms with Gasteiger partial charge >= 0.3 is 6.01 Å². The lowest BCUT2D eigenvalue weighted by molar-refractivity contribution is 0.187. The molecule has 0 bridgehead atoms. The number of likely N-dealkylation sites (N-methyl/N-ethyl adjacent to an activating group) is 1. The van der Waals surface area contributed by atoms with Gasteiger partial charge in [-0.3, -0.25) is 0 Å². The Morgan fingerprint density at radius 2 is 1.86 bits per heavy atom. The van der Waals surface area contributed by atoms with Crippen LogP contribution in [-0.2, 0) is 17.7 Å². The number of hydrogen-bond acceptors (Lipinski definition) is 9. The van der Waals surface area contributed by atoms with Crippen LogP contribution in [-0.4, -0.2) is 93.1 Å². The molecule has 3 aliphatic rings. The van der Waals surface area contributed by atoms with E-state index in [4.69, 9.17) is 19.4 Å². The number of aliphatic imine (C=N–C) groups is 2. The molecule has 2 aliphatic heterocycles. The molecule has 234 valence electrons. The maximum Gasteiger partial charge on any atom is 0.318 e. The molecule has 3 heterocycles. The zero-order chi connectivity index (χ0) is 30.5. The first-order valence-electron chi connectivity index (χ1n) is 16.3. The Morgan fingerprint density at radius 1 is 1.05 bits per heavy atom. The molecular weight excluding hydrogens is 550 g/mol. The van der Waals surface area contributed by atoms with Crippen LogP contribution in [0.4, 0.5) is 11.5 Å². The average molecular weight is 598 g/mol. The molecular formula is C35H47N7O2. The number of benzene rings is 2. The fourth-order valence-corrected chi connectivity index (χ4v) is 7.14. The van der Waals surface area contributed by atoms with Crippen LogP contribution in [0.25, 0.3) is 10.8 Å². The van der Waals surface area contributed by atoms with Gasteiger partial charge in [-0.15, -0.1) is 0 Å². The monoisotopic (exact) mass is 597 g/mol. The Balaban J connectivity index is 1.24. The highest BCUT2D eigenvalue weighted by Crippen LogP contribution is 2.37. The fraction of sp³-hybridized carbons (Fsp3) is 0.571. The summed E-state index contributed by atoms with van der Waals surface area (Å²) in [5.41, 5.74) is 4.92. The van der Waals surface area contributed by atoms with E-state index in [1.807, 2.05) is 0 Å². The predicted octanol–water partition coefficient (Wildman–Crippen LogP) is 5.54. The van der Waals surface area contributed by atoms with E-state index in [-0.39, 0.29) is 6.04 Å². The van der Waals surface area contributed by atoms with Gasteiger partial charge in [-0.05, 0) is 82.5 Å². The highest BCUT2D eigenvalue weighted by molar-refractivity contribution is 5.97. The molecule has 1 saturated carbocycles. The summed E-state index contributed by atoms with van der Waals surface area (Å²) < 4.78 is 11.4. The number of likely N-dealkylation sites (tertiary alicyclic amines) is 1. The first-order chi connectivity index (χ1) is 21.5. The number of nitrogens with zero attached hydrogens (tertiary/aromatic N) is 7. The van der Waals surface area contributed by atoms with E-state index in [1.54, 1.807) is 7.11 Å². The van der Waals surface area contributed by atoms with Gasteiger partial charge in [0.05, 0.1) is 37.4 Å². The summed E-state index contributed by atoms with van der Waals surface area (Å²) in [4.78, 5) is 26.3. The van der Waals surface area contributed by atoms with E-state index in [1.165, 1.54) is 34.0 Å². The minimum atomic E-state index is 0.283. The molecule has 6 rings (SSSR count). The van der Waals surface area contributed by atoms with Crippen LogP contribution in [0.1, 0.15) is 55.3 Å². The largest absolute Gasteiger partial charge is 0.462 e. The number of anilines is 2. The van der Waals surface area contributed by atoms with Gasteiger partial charge in [-0.2, -0.15) is 9.97 Å². The number of fused-ring (bicyclic) bond motifs is 2. The van der Waals surface area contributed by atoms with Gasteiger partial charge in [-0.1, -0.05) is 30.3 Å². The summed E-state index contributed by atoms with van der Waals surface area (Å²) >= 11 is 0. The summed E-state index contributed by atoms with van der Waals surface area (Å²) in [6.45, 7) is 6.84. The van der Waals surface area contributed by atoms with Crippen LogP contribution in [0.5, 0.6) is 6.01 Å². The molecule has 0 radical (unpaired) electrons. The average Bonchev–Trinajstić information content (AvgIpc) is 3.47. The van der Waals surface area contributed by atoms with Gasteiger partial charge in [0.1, 0.15) is 12.4 Å². The van der Waals surface area contributed by atoms with Crippen molar-refractivity contribution in [3.63, 3.8) is 0 Å². The van der Waals surface area contributed by atoms with Crippen molar-refractivity contribution < 1.29 is 9.47 Å². The van der Waals surface area contributed by atoms with Gasteiger partial charge in [0.15, 0.2) is 0 Å². The number of rotatable bonds is 10. The van der Waals surface area contributed by atoms with Crippen LogP contribution in [0.2, 0.25) is 0 Å². The van der Waals surface area contributed by atoms with Crippen molar-refractivity contribution in [1.29, 1.82) is 0 Å². The fourth-order valence-electron chi connectivity index (χ4n) is 7.14. The third-order valence-electron chi connectivity index (χ3n) is 9.80. The molecule has 9 nitrogen and oxygen atoms in total. The van der Waals surface area contributed by atoms with Crippen molar-refractivity contribution in [2.24, 2.45) is 9.98 Å². The van der Waals surface area contributed by atoms with E-state index < -0.39 is 0 Å². The third-order valence-corrected chi connectivity index (χ3v) is 9.80. The third kappa shape index (κ3) is 6.75. The lowest BCUT2D eigenvalue weighted by atomic mass is 9.90. The summed E-state index contributed by atoms with van der Waals surface area (Å²) in [5, 5.41) is 2.61. The van der Waals surface area contributed by atoms with Crippen molar-refractivity contribution in [2.75, 3.05) is 63.9 Å². The van der Waals surface area contributed by atoms with E-state index >= 15 is 0 Å². The van der Waals surface area contributed by atoms with E-state index in [0.29, 0.717) is 37.9 Å². The van der Waals surface area contributed by atoms with Crippen molar-refractivity contribution in [1.82, 2.24) is 14.9 Å². The van der Waals surface area contributed by atoms with Crippen LogP contribution in [0.3, 0.4) is 0 Å². The molecule has 0 amide bonds. The Kier molecular flexibility index (Phi) is 9.75. The maximum atomic E-state index is 6.37. The number of ether oxygens (including phenoxy) is 2. The molecule has 0 unspecified atom stereocenters. The molecule has 0 N–H and O–H groups in total. The van der Waals surface area contributed by atoms with Crippen LogP contribution in [0.15, 0.2) is 46.4 Å². The minimum Gasteiger partial charge on any atom is -0.462 e. The molecule has 3 aromatic rings. The summed E-state index contributed by atoms with van der Waals surface area (Å²) in [6.07, 6.45) is 7.46. The number of aryl methyl sites for hydroxylation is 1. The molecule has 1 aliphatic carbocycles. The van der Waals surface area contributed by atoms with E-state index in [0.717, 1.165) is 69.7 Å². The highest BCUT2D eigenvalue weighted by atomic mass is 16.5. The van der Waals surface area contributed by atoms with Crippen LogP contribution < -0.4 is 14.5 Å².